The number of rotatable bonds is 3. The van der Waals surface area contributed by atoms with Crippen LogP contribution in [0, 0.1) is 0 Å². The molecule has 0 atom stereocenters. The zero-order valence-corrected chi connectivity index (χ0v) is 10.1. The quantitative estimate of drug-likeness (QED) is 0.942. The van der Waals surface area contributed by atoms with E-state index in [0.29, 0.717) is 12.1 Å². The van der Waals surface area contributed by atoms with E-state index in [9.17, 15) is 4.79 Å². The average Bonchev–Trinajstić information content (AvgIpc) is 2.76. The molecule has 15 heavy (non-hydrogen) atoms. The molecule has 0 bridgehead atoms. The predicted molar refractivity (Wildman–Crippen MR) is 62.5 cm³/mol. The molecule has 0 aliphatic carbocycles. The van der Waals surface area contributed by atoms with Crippen LogP contribution in [0.4, 0.5) is 0 Å². The van der Waals surface area contributed by atoms with Crippen LogP contribution in [0.25, 0.3) is 0 Å². The fourth-order valence-corrected chi connectivity index (χ4v) is 2.77. The van der Waals surface area contributed by atoms with E-state index in [1.54, 1.807) is 29.8 Å². The van der Waals surface area contributed by atoms with Crippen LogP contribution in [0.2, 0.25) is 0 Å². The van der Waals surface area contributed by atoms with Gasteiger partial charge in [0, 0.05) is 17.3 Å². The molecule has 0 unspecified atom stereocenters. The van der Waals surface area contributed by atoms with E-state index in [-0.39, 0.29) is 0 Å². The summed E-state index contributed by atoms with van der Waals surface area (Å²) >= 11 is 5.04. The third-order valence-corrected chi connectivity index (χ3v) is 3.57. The molecule has 0 saturated carbocycles. The molecular formula is C10H8BrNO2S. The maximum atomic E-state index is 10.7. The van der Waals surface area contributed by atoms with Crippen molar-refractivity contribution in [3.8, 4) is 0 Å². The number of carboxylic acids is 1. The minimum atomic E-state index is -0.888. The van der Waals surface area contributed by atoms with Crippen LogP contribution in [0.1, 0.15) is 15.2 Å². The van der Waals surface area contributed by atoms with Gasteiger partial charge in [0.05, 0.1) is 15.9 Å². The summed E-state index contributed by atoms with van der Waals surface area (Å²) in [6, 6.07) is 5.61. The van der Waals surface area contributed by atoms with Crippen molar-refractivity contribution in [1.82, 2.24) is 4.57 Å². The molecule has 1 N–H and O–H groups in total. The minimum Gasteiger partial charge on any atom is -0.478 e. The van der Waals surface area contributed by atoms with E-state index in [2.05, 4.69) is 15.9 Å². The fourth-order valence-electron chi connectivity index (χ4n) is 1.28. The number of hydrogen-bond donors (Lipinski definition) is 1. The summed E-state index contributed by atoms with van der Waals surface area (Å²) in [4.78, 5) is 11.8. The third kappa shape index (κ3) is 2.49. The van der Waals surface area contributed by atoms with Crippen LogP contribution in [0.15, 0.2) is 34.4 Å². The van der Waals surface area contributed by atoms with Gasteiger partial charge in [-0.25, -0.2) is 4.79 Å². The summed E-state index contributed by atoms with van der Waals surface area (Å²) in [6.07, 6.45) is 3.41. The Labute approximate surface area is 99.1 Å². The van der Waals surface area contributed by atoms with Crippen LogP contribution >= 0.6 is 27.3 Å². The first-order valence-electron chi connectivity index (χ1n) is 4.28. The molecule has 0 aliphatic heterocycles. The second-order valence-electron chi connectivity index (χ2n) is 3.08. The van der Waals surface area contributed by atoms with Crippen LogP contribution < -0.4 is 0 Å². The van der Waals surface area contributed by atoms with Gasteiger partial charge in [0.2, 0.25) is 0 Å². The molecule has 5 heteroatoms. The number of nitrogens with zero attached hydrogens (tertiary/aromatic N) is 1. The maximum absolute atomic E-state index is 10.7. The summed E-state index contributed by atoms with van der Waals surface area (Å²) < 4.78 is 2.95. The van der Waals surface area contributed by atoms with Crippen molar-refractivity contribution in [2.75, 3.05) is 0 Å². The lowest BCUT2D eigenvalue weighted by Crippen LogP contribution is -1.96. The number of carboxylic acid groups (broad SMARTS) is 1. The second-order valence-corrected chi connectivity index (χ2v) is 5.63. The topological polar surface area (TPSA) is 42.2 Å². The third-order valence-electron chi connectivity index (χ3n) is 1.96. The molecule has 0 aliphatic rings. The number of thiophene rings is 1. The summed E-state index contributed by atoms with van der Waals surface area (Å²) in [5, 5.41) is 8.75. The van der Waals surface area contributed by atoms with Crippen LogP contribution in [-0.4, -0.2) is 15.6 Å². The smallest absolute Gasteiger partial charge is 0.337 e. The second kappa shape index (κ2) is 4.20. The Balaban J connectivity index is 2.14. The van der Waals surface area contributed by atoms with Crippen LogP contribution in [0.5, 0.6) is 0 Å². The standard InChI is InChI=1S/C10H8BrNO2S/c11-9-2-1-8(15-9)6-12-4-3-7(5-12)10(13)14/h1-5H,6H2,(H,13,14). The van der Waals surface area contributed by atoms with Crippen molar-refractivity contribution in [3.63, 3.8) is 0 Å². The van der Waals surface area contributed by atoms with Gasteiger partial charge in [-0.05, 0) is 34.1 Å². The van der Waals surface area contributed by atoms with Gasteiger partial charge < -0.3 is 9.67 Å². The van der Waals surface area contributed by atoms with Crippen molar-refractivity contribution in [1.29, 1.82) is 0 Å². The Kier molecular flexibility index (Phi) is 2.93. The fraction of sp³-hybridized carbons (Fsp3) is 0.100. The van der Waals surface area contributed by atoms with Gasteiger partial charge in [-0.3, -0.25) is 0 Å². The Morgan fingerprint density at radius 3 is 2.80 bits per heavy atom. The highest BCUT2D eigenvalue weighted by molar-refractivity contribution is 9.11. The first-order valence-corrected chi connectivity index (χ1v) is 5.89. The zero-order valence-electron chi connectivity index (χ0n) is 7.68. The molecule has 0 saturated heterocycles. The van der Waals surface area contributed by atoms with E-state index in [1.165, 1.54) is 4.88 Å². The van der Waals surface area contributed by atoms with Gasteiger partial charge >= 0.3 is 5.97 Å². The lowest BCUT2D eigenvalue weighted by atomic mass is 10.4. The largest absolute Gasteiger partial charge is 0.478 e. The Hall–Kier alpha value is -1.07. The number of carbonyl (C=O) groups is 1. The van der Waals surface area contributed by atoms with E-state index in [0.717, 1.165) is 3.79 Å². The monoisotopic (exact) mass is 285 g/mol. The van der Waals surface area contributed by atoms with Gasteiger partial charge in [-0.15, -0.1) is 11.3 Å². The highest BCUT2D eigenvalue weighted by Crippen LogP contribution is 2.22. The molecule has 0 spiro atoms. The molecule has 0 amide bonds. The lowest BCUT2D eigenvalue weighted by Gasteiger charge is -1.98. The van der Waals surface area contributed by atoms with Gasteiger partial charge in [0.25, 0.3) is 0 Å². The van der Waals surface area contributed by atoms with Crippen molar-refractivity contribution in [2.45, 2.75) is 6.54 Å². The van der Waals surface area contributed by atoms with E-state index >= 15 is 0 Å². The Morgan fingerprint density at radius 2 is 2.27 bits per heavy atom. The Bertz CT molecular complexity index is 489. The van der Waals surface area contributed by atoms with Gasteiger partial charge in [0.15, 0.2) is 0 Å². The van der Waals surface area contributed by atoms with Gasteiger partial charge in [0.1, 0.15) is 0 Å². The number of aromatic nitrogens is 1. The lowest BCUT2D eigenvalue weighted by molar-refractivity contribution is 0.0697. The molecule has 2 rings (SSSR count). The average molecular weight is 286 g/mol. The molecule has 2 aromatic rings. The van der Waals surface area contributed by atoms with E-state index < -0.39 is 5.97 Å². The summed E-state index contributed by atoms with van der Waals surface area (Å²) in [6.45, 7) is 0.712. The predicted octanol–water partition coefficient (Wildman–Crippen LogP) is 3.06. The molecule has 2 aromatic heterocycles. The van der Waals surface area contributed by atoms with Gasteiger partial charge in [-0.1, -0.05) is 0 Å². The van der Waals surface area contributed by atoms with E-state index in [4.69, 9.17) is 5.11 Å². The normalized spacial score (nSPS) is 10.5. The van der Waals surface area contributed by atoms with Crippen LogP contribution in [-0.2, 0) is 6.54 Å². The Morgan fingerprint density at radius 1 is 1.47 bits per heavy atom. The number of hydrogen-bond acceptors (Lipinski definition) is 2. The maximum Gasteiger partial charge on any atom is 0.337 e. The summed E-state index contributed by atoms with van der Waals surface area (Å²) in [5.74, 6) is -0.888. The SMILES string of the molecule is O=C(O)c1ccn(Cc2ccc(Br)s2)c1. The summed E-state index contributed by atoms with van der Waals surface area (Å²) in [7, 11) is 0. The van der Waals surface area contributed by atoms with Crippen molar-refractivity contribution >= 4 is 33.2 Å². The molecule has 0 radical (unpaired) electrons. The summed E-state index contributed by atoms with van der Waals surface area (Å²) in [5.41, 5.74) is 0.325. The van der Waals surface area contributed by atoms with Crippen molar-refractivity contribution in [2.24, 2.45) is 0 Å². The van der Waals surface area contributed by atoms with Crippen molar-refractivity contribution in [3.05, 3.63) is 44.8 Å². The number of aromatic carboxylic acids is 1. The molecule has 78 valence electrons. The zero-order chi connectivity index (χ0) is 10.8. The first kappa shape index (κ1) is 10.4. The number of halogens is 1. The van der Waals surface area contributed by atoms with E-state index in [1.807, 2.05) is 16.7 Å². The highest BCUT2D eigenvalue weighted by Gasteiger charge is 2.05. The minimum absolute atomic E-state index is 0.325. The van der Waals surface area contributed by atoms with Crippen LogP contribution in [0.3, 0.4) is 0 Å². The highest BCUT2D eigenvalue weighted by atomic mass is 79.9. The first-order chi connectivity index (χ1) is 7.15. The molecule has 0 fully saturated rings. The van der Waals surface area contributed by atoms with Gasteiger partial charge in [-0.2, -0.15) is 0 Å². The molecular weight excluding hydrogens is 278 g/mol. The van der Waals surface area contributed by atoms with Crippen molar-refractivity contribution < 1.29 is 9.90 Å². The molecule has 0 aromatic carbocycles. The molecule has 3 nitrogen and oxygen atoms in total. The molecule has 2 heterocycles.